The van der Waals surface area contributed by atoms with Crippen LogP contribution in [0.3, 0.4) is 0 Å². The van der Waals surface area contributed by atoms with E-state index >= 15 is 0 Å². The van der Waals surface area contributed by atoms with Crippen molar-refractivity contribution in [3.8, 4) is 5.75 Å². The zero-order valence-electron chi connectivity index (χ0n) is 14.0. The number of halogens is 1. The summed E-state index contributed by atoms with van der Waals surface area (Å²) in [6.45, 7) is 2.97. The summed E-state index contributed by atoms with van der Waals surface area (Å²) in [5.41, 5.74) is 1.01. The molecule has 1 aliphatic rings. The molecule has 0 unspecified atom stereocenters. The van der Waals surface area contributed by atoms with E-state index in [0.717, 1.165) is 5.39 Å². The summed E-state index contributed by atoms with van der Waals surface area (Å²) < 4.78 is 36.7. The van der Waals surface area contributed by atoms with Crippen molar-refractivity contribution in [3.05, 3.63) is 28.4 Å². The molecular weight excluding hydrogens is 412 g/mol. The number of methoxy groups -OCH3 is 1. The number of ether oxygens (including phenoxy) is 1. The number of rotatable bonds is 4. The van der Waals surface area contributed by atoms with E-state index in [0.29, 0.717) is 47.7 Å². The Labute approximate surface area is 154 Å². The minimum absolute atomic E-state index is 0.0716. The molecule has 2 aromatic rings. The number of hydrogen-bond donors (Lipinski definition) is 0. The van der Waals surface area contributed by atoms with Crippen LogP contribution in [-0.4, -0.2) is 62.6 Å². The second-order valence-corrected chi connectivity index (χ2v) is 8.77. The standard InChI is InChI=1S/C16H19BrN2O5S/c1-3-25(21,22)19-6-4-18(5-7-19)16(20)11-8-13(23-2)12-10-15(17)24-14(12)9-11/h8-10H,3-7H2,1-2H3. The summed E-state index contributed by atoms with van der Waals surface area (Å²) >= 11 is 3.28. The Morgan fingerprint density at radius 1 is 1.24 bits per heavy atom. The highest BCUT2D eigenvalue weighted by molar-refractivity contribution is 9.10. The molecule has 25 heavy (non-hydrogen) atoms. The van der Waals surface area contributed by atoms with Gasteiger partial charge in [0.05, 0.1) is 18.2 Å². The van der Waals surface area contributed by atoms with E-state index < -0.39 is 10.0 Å². The summed E-state index contributed by atoms with van der Waals surface area (Å²) in [5, 5.41) is 0.782. The van der Waals surface area contributed by atoms with Crippen molar-refractivity contribution in [1.29, 1.82) is 0 Å². The molecule has 1 aromatic carbocycles. The normalized spacial score (nSPS) is 16.4. The highest BCUT2D eigenvalue weighted by Gasteiger charge is 2.28. The molecule has 0 aliphatic carbocycles. The van der Waals surface area contributed by atoms with Crippen LogP contribution in [-0.2, 0) is 10.0 Å². The van der Waals surface area contributed by atoms with Crippen LogP contribution in [0.15, 0.2) is 27.3 Å². The first-order valence-corrected chi connectivity index (χ1v) is 10.3. The van der Waals surface area contributed by atoms with Gasteiger partial charge < -0.3 is 14.1 Å². The average molecular weight is 431 g/mol. The lowest BCUT2D eigenvalue weighted by atomic mass is 10.1. The van der Waals surface area contributed by atoms with Crippen LogP contribution in [0.2, 0.25) is 0 Å². The first kappa shape index (κ1) is 18.2. The van der Waals surface area contributed by atoms with Gasteiger partial charge in [0.25, 0.3) is 5.91 Å². The Kier molecular flexibility index (Phi) is 5.08. The Morgan fingerprint density at radius 3 is 2.52 bits per heavy atom. The molecule has 2 heterocycles. The lowest BCUT2D eigenvalue weighted by Crippen LogP contribution is -2.50. The van der Waals surface area contributed by atoms with E-state index in [9.17, 15) is 13.2 Å². The molecule has 0 radical (unpaired) electrons. The number of nitrogens with zero attached hydrogens (tertiary/aromatic N) is 2. The van der Waals surface area contributed by atoms with Crippen LogP contribution < -0.4 is 4.74 Å². The molecule has 0 atom stereocenters. The van der Waals surface area contributed by atoms with Crippen molar-refractivity contribution in [2.75, 3.05) is 39.0 Å². The average Bonchev–Trinajstić information content (AvgIpc) is 3.00. The largest absolute Gasteiger partial charge is 0.496 e. The first-order valence-electron chi connectivity index (χ1n) is 7.90. The van der Waals surface area contributed by atoms with Gasteiger partial charge in [0.15, 0.2) is 4.67 Å². The molecule has 9 heteroatoms. The number of benzene rings is 1. The molecule has 0 saturated carbocycles. The third kappa shape index (κ3) is 3.54. The van der Waals surface area contributed by atoms with E-state index in [1.54, 1.807) is 30.0 Å². The second kappa shape index (κ2) is 6.97. The number of sulfonamides is 1. The third-order valence-corrected chi connectivity index (χ3v) is 6.59. The molecule has 1 saturated heterocycles. The highest BCUT2D eigenvalue weighted by Crippen LogP contribution is 2.33. The summed E-state index contributed by atoms with van der Waals surface area (Å²) in [7, 11) is -1.68. The van der Waals surface area contributed by atoms with Crippen LogP contribution >= 0.6 is 15.9 Å². The lowest BCUT2D eigenvalue weighted by Gasteiger charge is -2.33. The van der Waals surface area contributed by atoms with Gasteiger partial charge in [0, 0.05) is 37.8 Å². The first-order chi connectivity index (χ1) is 11.9. The van der Waals surface area contributed by atoms with Crippen molar-refractivity contribution >= 4 is 42.8 Å². The maximum Gasteiger partial charge on any atom is 0.254 e. The smallest absolute Gasteiger partial charge is 0.254 e. The summed E-state index contributed by atoms with van der Waals surface area (Å²) in [5.74, 6) is 0.464. The van der Waals surface area contributed by atoms with Gasteiger partial charge in [-0.2, -0.15) is 4.31 Å². The van der Waals surface area contributed by atoms with Gasteiger partial charge in [-0.25, -0.2) is 8.42 Å². The summed E-state index contributed by atoms with van der Waals surface area (Å²) in [4.78, 5) is 14.4. The molecule has 3 rings (SSSR count). The Morgan fingerprint density at radius 2 is 1.92 bits per heavy atom. The van der Waals surface area contributed by atoms with Gasteiger partial charge >= 0.3 is 0 Å². The van der Waals surface area contributed by atoms with E-state index in [1.807, 2.05) is 0 Å². The summed E-state index contributed by atoms with van der Waals surface area (Å²) in [6, 6.07) is 5.15. The SMILES string of the molecule is CCS(=O)(=O)N1CCN(C(=O)c2cc(OC)c3cc(Br)oc3c2)CC1. The van der Waals surface area contributed by atoms with Crippen LogP contribution in [0, 0.1) is 0 Å². The van der Waals surface area contributed by atoms with Gasteiger partial charge in [0.1, 0.15) is 11.3 Å². The quantitative estimate of drug-likeness (QED) is 0.743. The molecular formula is C16H19BrN2O5S. The van der Waals surface area contributed by atoms with E-state index in [1.165, 1.54) is 11.4 Å². The van der Waals surface area contributed by atoms with Gasteiger partial charge in [-0.1, -0.05) is 0 Å². The fourth-order valence-electron chi connectivity index (χ4n) is 2.90. The predicted molar refractivity (Wildman–Crippen MR) is 97.4 cm³/mol. The van der Waals surface area contributed by atoms with Crippen LogP contribution in [0.5, 0.6) is 5.75 Å². The molecule has 1 amide bonds. The fraction of sp³-hybridized carbons (Fsp3) is 0.438. The minimum atomic E-state index is -3.22. The van der Waals surface area contributed by atoms with Gasteiger partial charge in [0.2, 0.25) is 10.0 Å². The lowest BCUT2D eigenvalue weighted by molar-refractivity contribution is 0.0697. The number of carbonyl (C=O) groups excluding carboxylic acids is 1. The molecule has 0 spiro atoms. The van der Waals surface area contributed by atoms with Gasteiger partial charge in [-0.05, 0) is 35.0 Å². The van der Waals surface area contributed by atoms with Crippen LogP contribution in [0.25, 0.3) is 11.0 Å². The number of fused-ring (bicyclic) bond motifs is 1. The van der Waals surface area contributed by atoms with Crippen molar-refractivity contribution in [3.63, 3.8) is 0 Å². The predicted octanol–water partition coefficient (Wildman–Crippen LogP) is 2.31. The van der Waals surface area contributed by atoms with E-state index in [-0.39, 0.29) is 11.7 Å². The Hall–Kier alpha value is -1.58. The molecule has 136 valence electrons. The second-order valence-electron chi connectivity index (χ2n) is 5.73. The van der Waals surface area contributed by atoms with E-state index in [4.69, 9.17) is 9.15 Å². The number of amides is 1. The van der Waals surface area contributed by atoms with Crippen molar-refractivity contribution in [2.24, 2.45) is 0 Å². The highest BCUT2D eigenvalue weighted by atomic mass is 79.9. The monoisotopic (exact) mass is 430 g/mol. The maximum atomic E-state index is 12.8. The molecule has 0 bridgehead atoms. The van der Waals surface area contributed by atoms with E-state index in [2.05, 4.69) is 15.9 Å². The van der Waals surface area contributed by atoms with Gasteiger partial charge in [-0.3, -0.25) is 4.79 Å². The van der Waals surface area contributed by atoms with Gasteiger partial charge in [-0.15, -0.1) is 0 Å². The molecule has 0 N–H and O–H groups in total. The number of carbonyl (C=O) groups is 1. The molecule has 1 fully saturated rings. The van der Waals surface area contributed by atoms with Crippen LogP contribution in [0.4, 0.5) is 0 Å². The van der Waals surface area contributed by atoms with Crippen molar-refractivity contribution < 1.29 is 22.4 Å². The Balaban J connectivity index is 1.81. The minimum Gasteiger partial charge on any atom is -0.496 e. The van der Waals surface area contributed by atoms with Crippen molar-refractivity contribution in [1.82, 2.24) is 9.21 Å². The zero-order valence-corrected chi connectivity index (χ0v) is 16.4. The zero-order chi connectivity index (χ0) is 18.2. The fourth-order valence-corrected chi connectivity index (χ4v) is 4.39. The Bertz CT molecular complexity index is 901. The number of piperazine rings is 1. The van der Waals surface area contributed by atoms with Crippen molar-refractivity contribution in [2.45, 2.75) is 6.92 Å². The number of hydrogen-bond acceptors (Lipinski definition) is 5. The summed E-state index contributed by atoms with van der Waals surface area (Å²) in [6.07, 6.45) is 0. The maximum absolute atomic E-state index is 12.8. The van der Waals surface area contributed by atoms with Crippen LogP contribution in [0.1, 0.15) is 17.3 Å². The molecule has 1 aromatic heterocycles. The third-order valence-electron chi connectivity index (χ3n) is 4.32. The molecule has 1 aliphatic heterocycles. The topological polar surface area (TPSA) is 80.1 Å². The number of furan rings is 1. The molecule has 7 nitrogen and oxygen atoms in total.